The number of halogens is 3. The van der Waals surface area contributed by atoms with E-state index in [2.05, 4.69) is 4.98 Å². The third kappa shape index (κ3) is 2.18. The molecule has 2 nitrogen and oxygen atoms in total. The Hall–Kier alpha value is -2.35. The molecule has 0 saturated heterocycles. The van der Waals surface area contributed by atoms with Gasteiger partial charge < -0.3 is 0 Å². The van der Waals surface area contributed by atoms with Crippen LogP contribution in [0.15, 0.2) is 42.6 Å². The van der Waals surface area contributed by atoms with Crippen molar-refractivity contribution in [3.05, 3.63) is 53.7 Å². The van der Waals surface area contributed by atoms with Gasteiger partial charge in [0, 0.05) is 11.8 Å². The molecule has 0 amide bonds. The summed E-state index contributed by atoms with van der Waals surface area (Å²) in [5.74, 6) is 0. The summed E-state index contributed by atoms with van der Waals surface area (Å²) in [7, 11) is 0. The maximum Gasteiger partial charge on any atom is 0.417 e. The van der Waals surface area contributed by atoms with Crippen LogP contribution < -0.4 is 0 Å². The Bertz CT molecular complexity index is 598. The van der Waals surface area contributed by atoms with Gasteiger partial charge in [0.25, 0.3) is 0 Å². The van der Waals surface area contributed by atoms with Crippen LogP contribution in [-0.2, 0) is 6.18 Å². The third-order valence-electron chi connectivity index (χ3n) is 2.42. The van der Waals surface area contributed by atoms with Crippen molar-refractivity contribution >= 4 is 0 Å². The van der Waals surface area contributed by atoms with E-state index in [0.29, 0.717) is 5.56 Å². The minimum absolute atomic E-state index is 0.0490. The summed E-state index contributed by atoms with van der Waals surface area (Å²) in [4.78, 5) is 3.87. The van der Waals surface area contributed by atoms with Crippen LogP contribution in [-0.4, -0.2) is 4.98 Å². The highest BCUT2D eigenvalue weighted by atomic mass is 19.4. The van der Waals surface area contributed by atoms with E-state index in [4.69, 9.17) is 5.26 Å². The first kappa shape index (κ1) is 12.1. The zero-order valence-corrected chi connectivity index (χ0v) is 9.07. The van der Waals surface area contributed by atoms with Gasteiger partial charge in [-0.25, -0.2) is 0 Å². The second-order valence-electron chi connectivity index (χ2n) is 3.56. The molecule has 0 aliphatic rings. The maximum atomic E-state index is 12.8. The molecule has 2 aromatic rings. The van der Waals surface area contributed by atoms with Gasteiger partial charge in [-0.3, -0.25) is 4.98 Å². The normalized spacial score (nSPS) is 11.0. The predicted octanol–water partition coefficient (Wildman–Crippen LogP) is 3.64. The number of benzene rings is 1. The van der Waals surface area contributed by atoms with Crippen molar-refractivity contribution in [1.29, 1.82) is 5.26 Å². The molecule has 0 aliphatic heterocycles. The van der Waals surface area contributed by atoms with Crippen LogP contribution in [0.5, 0.6) is 0 Å². The lowest BCUT2D eigenvalue weighted by Gasteiger charge is -2.11. The number of rotatable bonds is 1. The zero-order valence-electron chi connectivity index (χ0n) is 9.07. The van der Waals surface area contributed by atoms with Crippen LogP contribution in [0, 0.1) is 11.3 Å². The van der Waals surface area contributed by atoms with Gasteiger partial charge in [-0.1, -0.05) is 30.3 Å². The van der Waals surface area contributed by atoms with E-state index in [-0.39, 0.29) is 5.69 Å². The fourth-order valence-electron chi connectivity index (χ4n) is 1.63. The summed E-state index contributed by atoms with van der Waals surface area (Å²) in [5.41, 5.74) is -0.872. The third-order valence-corrected chi connectivity index (χ3v) is 2.42. The topological polar surface area (TPSA) is 36.7 Å². The number of hydrogen-bond acceptors (Lipinski definition) is 2. The van der Waals surface area contributed by atoms with Crippen molar-refractivity contribution < 1.29 is 13.2 Å². The first-order valence-electron chi connectivity index (χ1n) is 5.06. The molecule has 0 atom stereocenters. The Morgan fingerprint density at radius 3 is 2.28 bits per heavy atom. The largest absolute Gasteiger partial charge is 0.417 e. The zero-order chi connectivity index (χ0) is 13.2. The number of nitrogens with zero attached hydrogens (tertiary/aromatic N) is 2. The Kier molecular flexibility index (Phi) is 3.02. The molecule has 0 aliphatic carbocycles. The quantitative estimate of drug-likeness (QED) is 0.772. The Morgan fingerprint density at radius 1 is 1.06 bits per heavy atom. The molecule has 2 rings (SSSR count). The number of aromatic nitrogens is 1. The Labute approximate surface area is 101 Å². The molecule has 0 unspecified atom stereocenters. The van der Waals surface area contributed by atoms with Gasteiger partial charge in [0.2, 0.25) is 0 Å². The molecule has 0 bridgehead atoms. The van der Waals surface area contributed by atoms with Gasteiger partial charge in [0.1, 0.15) is 6.07 Å². The number of nitriles is 1. The van der Waals surface area contributed by atoms with E-state index in [1.165, 1.54) is 0 Å². The first-order valence-corrected chi connectivity index (χ1v) is 5.06. The molecular formula is C13H7F3N2. The van der Waals surface area contributed by atoms with E-state index in [1.54, 1.807) is 36.4 Å². The predicted molar refractivity (Wildman–Crippen MR) is 59.4 cm³/mol. The van der Waals surface area contributed by atoms with Gasteiger partial charge in [0.15, 0.2) is 0 Å². The van der Waals surface area contributed by atoms with Crippen LogP contribution in [0.2, 0.25) is 0 Å². The van der Waals surface area contributed by atoms with Crippen molar-refractivity contribution in [2.45, 2.75) is 6.18 Å². The van der Waals surface area contributed by atoms with E-state index in [1.807, 2.05) is 0 Å². The van der Waals surface area contributed by atoms with Gasteiger partial charge >= 0.3 is 6.18 Å². The molecule has 0 radical (unpaired) electrons. The second-order valence-corrected chi connectivity index (χ2v) is 3.56. The van der Waals surface area contributed by atoms with E-state index in [0.717, 1.165) is 12.3 Å². The van der Waals surface area contributed by atoms with Crippen LogP contribution in [0.4, 0.5) is 13.2 Å². The summed E-state index contributed by atoms with van der Waals surface area (Å²) in [6.45, 7) is 0. The average Bonchev–Trinajstić information content (AvgIpc) is 2.37. The minimum atomic E-state index is -4.56. The summed E-state index contributed by atoms with van der Waals surface area (Å²) in [6, 6.07) is 10.7. The fourth-order valence-corrected chi connectivity index (χ4v) is 1.63. The van der Waals surface area contributed by atoms with Crippen molar-refractivity contribution in [3.8, 4) is 17.3 Å². The van der Waals surface area contributed by atoms with Gasteiger partial charge in [-0.2, -0.15) is 18.4 Å². The molecule has 5 heteroatoms. The maximum absolute atomic E-state index is 12.8. The molecule has 18 heavy (non-hydrogen) atoms. The highest BCUT2D eigenvalue weighted by molar-refractivity contribution is 5.68. The highest BCUT2D eigenvalue weighted by Gasteiger charge is 2.35. The average molecular weight is 248 g/mol. The summed E-state index contributed by atoms with van der Waals surface area (Å²) < 4.78 is 38.3. The van der Waals surface area contributed by atoms with E-state index < -0.39 is 17.3 Å². The van der Waals surface area contributed by atoms with Crippen LogP contribution >= 0.6 is 0 Å². The van der Waals surface area contributed by atoms with Crippen molar-refractivity contribution in [2.24, 2.45) is 0 Å². The molecule has 0 N–H and O–H groups in total. The standard InChI is InChI=1S/C13H7F3N2/c14-13(15,16)11-6-7-18-12(10(11)8-17)9-4-2-1-3-5-9/h1-7H. The molecule has 1 heterocycles. The lowest BCUT2D eigenvalue weighted by Crippen LogP contribution is -2.09. The summed E-state index contributed by atoms with van der Waals surface area (Å²) >= 11 is 0. The summed E-state index contributed by atoms with van der Waals surface area (Å²) in [6.07, 6.45) is -3.50. The summed E-state index contributed by atoms with van der Waals surface area (Å²) in [5, 5.41) is 8.93. The monoisotopic (exact) mass is 248 g/mol. The van der Waals surface area contributed by atoms with Gasteiger partial charge in [-0.15, -0.1) is 0 Å². The minimum Gasteiger partial charge on any atom is -0.255 e. The highest BCUT2D eigenvalue weighted by Crippen LogP contribution is 2.34. The second kappa shape index (κ2) is 4.49. The molecular weight excluding hydrogens is 241 g/mol. The molecule has 1 aromatic carbocycles. The van der Waals surface area contributed by atoms with E-state index in [9.17, 15) is 13.2 Å². The van der Waals surface area contributed by atoms with E-state index >= 15 is 0 Å². The molecule has 0 saturated carbocycles. The van der Waals surface area contributed by atoms with Crippen molar-refractivity contribution in [2.75, 3.05) is 0 Å². The first-order chi connectivity index (χ1) is 8.54. The number of pyridine rings is 1. The molecule has 0 fully saturated rings. The van der Waals surface area contributed by atoms with Gasteiger partial charge in [0.05, 0.1) is 16.8 Å². The van der Waals surface area contributed by atoms with Crippen LogP contribution in [0.3, 0.4) is 0 Å². The lowest BCUT2D eigenvalue weighted by molar-refractivity contribution is -0.137. The molecule has 90 valence electrons. The SMILES string of the molecule is N#Cc1c(C(F)(F)F)ccnc1-c1ccccc1. The lowest BCUT2D eigenvalue weighted by atomic mass is 10.0. The Morgan fingerprint density at radius 2 is 1.72 bits per heavy atom. The molecule has 0 spiro atoms. The number of hydrogen-bond donors (Lipinski definition) is 0. The fraction of sp³-hybridized carbons (Fsp3) is 0.0769. The van der Waals surface area contributed by atoms with Crippen LogP contribution in [0.1, 0.15) is 11.1 Å². The number of alkyl halides is 3. The van der Waals surface area contributed by atoms with Gasteiger partial charge in [-0.05, 0) is 6.07 Å². The Balaban J connectivity index is 2.68. The van der Waals surface area contributed by atoms with Crippen molar-refractivity contribution in [1.82, 2.24) is 4.98 Å². The smallest absolute Gasteiger partial charge is 0.255 e. The van der Waals surface area contributed by atoms with Crippen molar-refractivity contribution in [3.63, 3.8) is 0 Å². The molecule has 1 aromatic heterocycles. The van der Waals surface area contributed by atoms with Crippen LogP contribution in [0.25, 0.3) is 11.3 Å².